The maximum Gasteiger partial charge on any atom is 0.472 e. The second-order valence-corrected chi connectivity index (χ2v) is 13.9. The molecule has 0 aromatic rings. The Hall–Kier alpha value is -1.52. The zero-order chi connectivity index (χ0) is 34.3. The fraction of sp³-hybridized carbons (Fsp3) is 0.912. The lowest BCUT2D eigenvalue weighted by molar-refractivity contribution is -0.147. The molecule has 0 aliphatic carbocycles. The van der Waals surface area contributed by atoms with Gasteiger partial charge in [0, 0.05) is 12.8 Å². The molecule has 3 atom stereocenters. The number of carboxylic acids is 1. The van der Waals surface area contributed by atoms with Crippen molar-refractivity contribution in [2.45, 2.75) is 180 Å². The highest BCUT2D eigenvalue weighted by molar-refractivity contribution is 7.47. The predicted molar refractivity (Wildman–Crippen MR) is 180 cm³/mol. The van der Waals surface area contributed by atoms with Crippen molar-refractivity contribution in [3.8, 4) is 0 Å². The summed E-state index contributed by atoms with van der Waals surface area (Å²) < 4.78 is 26.6. The molecule has 0 rings (SSSR count). The summed E-state index contributed by atoms with van der Waals surface area (Å²) in [5.41, 5.74) is 0. The normalized spacial score (nSPS) is 14.0. The molecule has 3 unspecified atom stereocenters. The van der Waals surface area contributed by atoms with Crippen molar-refractivity contribution in [2.24, 2.45) is 0 Å². The van der Waals surface area contributed by atoms with Crippen LogP contribution in [0.1, 0.15) is 168 Å². The van der Waals surface area contributed by atoms with Crippen LogP contribution in [0, 0.1) is 0 Å². The average Bonchev–Trinajstić information content (AvgIpc) is 3.02. The molecule has 0 heterocycles. The molecule has 11 nitrogen and oxygen atoms in total. The van der Waals surface area contributed by atoms with Crippen LogP contribution in [-0.2, 0) is 32.7 Å². The number of phosphoric acid groups is 1. The van der Waals surface area contributed by atoms with Crippen LogP contribution in [0.3, 0.4) is 0 Å². The minimum atomic E-state index is -4.73. The number of ether oxygens (including phenoxy) is 1. The summed E-state index contributed by atoms with van der Waals surface area (Å²) >= 11 is 0. The number of esters is 1. The van der Waals surface area contributed by atoms with E-state index in [1.807, 2.05) is 0 Å². The molecule has 0 aromatic carbocycles. The average molecular weight is 680 g/mol. The van der Waals surface area contributed by atoms with Gasteiger partial charge >= 0.3 is 19.8 Å². The number of hydrogen-bond acceptors (Lipinski definition) is 8. The Kier molecular flexibility index (Phi) is 29.8. The SMILES string of the molecule is CCCCCCCCCCCCCCC(=O)OCC(O)COP(=O)(O)OCC(NC(=O)CCCCCCCCCCCC)C(=O)O. The highest BCUT2D eigenvalue weighted by Gasteiger charge is 2.28. The molecule has 0 spiro atoms. The molecule has 4 N–H and O–H groups in total. The fourth-order valence-electron chi connectivity index (χ4n) is 5.02. The van der Waals surface area contributed by atoms with E-state index in [2.05, 4.69) is 19.2 Å². The van der Waals surface area contributed by atoms with Crippen molar-refractivity contribution in [3.63, 3.8) is 0 Å². The van der Waals surface area contributed by atoms with Crippen LogP contribution in [-0.4, -0.2) is 64.9 Å². The number of phosphoric ester groups is 1. The number of unbranched alkanes of at least 4 members (excludes halogenated alkanes) is 20. The zero-order valence-corrected chi connectivity index (χ0v) is 29.8. The van der Waals surface area contributed by atoms with E-state index in [9.17, 15) is 34.1 Å². The second-order valence-electron chi connectivity index (χ2n) is 12.4. The van der Waals surface area contributed by atoms with Gasteiger partial charge in [0.25, 0.3) is 0 Å². The summed E-state index contributed by atoms with van der Waals surface area (Å²) in [4.78, 5) is 45.5. The molecule has 12 heteroatoms. The molecule has 0 aromatic heterocycles. The predicted octanol–water partition coefficient (Wildman–Crippen LogP) is 8.00. The van der Waals surface area contributed by atoms with Crippen LogP contribution in [0.4, 0.5) is 0 Å². The first-order valence-electron chi connectivity index (χ1n) is 18.1. The number of carbonyl (C=O) groups excluding carboxylic acids is 2. The number of hydrogen-bond donors (Lipinski definition) is 4. The summed E-state index contributed by atoms with van der Waals surface area (Å²) in [7, 11) is -4.73. The summed E-state index contributed by atoms with van der Waals surface area (Å²) in [5, 5.41) is 21.6. The van der Waals surface area contributed by atoms with E-state index >= 15 is 0 Å². The largest absolute Gasteiger partial charge is 0.480 e. The second kappa shape index (κ2) is 30.8. The summed E-state index contributed by atoms with van der Waals surface area (Å²) in [6.45, 7) is 2.54. The summed E-state index contributed by atoms with van der Waals surface area (Å²) in [6.07, 6.45) is 24.3. The molecule has 0 saturated heterocycles. The van der Waals surface area contributed by atoms with Crippen molar-refractivity contribution in [1.82, 2.24) is 5.32 Å². The minimum absolute atomic E-state index is 0.151. The first-order chi connectivity index (χ1) is 22.1. The highest BCUT2D eigenvalue weighted by Crippen LogP contribution is 2.43. The summed E-state index contributed by atoms with van der Waals surface area (Å²) in [6, 6.07) is -1.54. The molecule has 0 fully saturated rings. The van der Waals surface area contributed by atoms with Crippen LogP contribution in [0.25, 0.3) is 0 Å². The van der Waals surface area contributed by atoms with Crippen LogP contribution in [0.15, 0.2) is 0 Å². The Morgan fingerprint density at radius 1 is 0.609 bits per heavy atom. The van der Waals surface area contributed by atoms with Crippen molar-refractivity contribution in [2.75, 3.05) is 19.8 Å². The lowest BCUT2D eigenvalue weighted by Crippen LogP contribution is -2.43. The van der Waals surface area contributed by atoms with Gasteiger partial charge in [-0.05, 0) is 12.8 Å². The lowest BCUT2D eigenvalue weighted by atomic mass is 10.0. The number of carbonyl (C=O) groups is 3. The third-order valence-electron chi connectivity index (χ3n) is 7.90. The van der Waals surface area contributed by atoms with E-state index in [0.717, 1.165) is 38.5 Å². The van der Waals surface area contributed by atoms with Gasteiger partial charge in [-0.1, -0.05) is 142 Å². The van der Waals surface area contributed by atoms with Crippen molar-refractivity contribution in [1.29, 1.82) is 0 Å². The molecule has 0 saturated carbocycles. The molecule has 0 aliphatic heterocycles. The lowest BCUT2D eigenvalue weighted by Gasteiger charge is -2.18. The van der Waals surface area contributed by atoms with E-state index in [4.69, 9.17) is 13.8 Å². The van der Waals surface area contributed by atoms with Crippen molar-refractivity contribution in [3.05, 3.63) is 0 Å². The molecule has 1 amide bonds. The van der Waals surface area contributed by atoms with Gasteiger partial charge in [0.2, 0.25) is 5.91 Å². The Balaban J connectivity index is 3.97. The van der Waals surface area contributed by atoms with E-state index < -0.39 is 57.6 Å². The maximum absolute atomic E-state index is 12.2. The third kappa shape index (κ3) is 29.9. The van der Waals surface area contributed by atoms with Gasteiger partial charge in [-0.15, -0.1) is 0 Å². The van der Waals surface area contributed by atoms with Gasteiger partial charge in [-0.2, -0.15) is 0 Å². The molecule has 0 aliphatic rings. The first-order valence-corrected chi connectivity index (χ1v) is 19.6. The Bertz CT molecular complexity index is 813. The van der Waals surface area contributed by atoms with Crippen molar-refractivity contribution >= 4 is 25.7 Å². The Morgan fingerprint density at radius 3 is 1.43 bits per heavy atom. The fourth-order valence-corrected chi connectivity index (χ4v) is 5.79. The van der Waals surface area contributed by atoms with Crippen molar-refractivity contribution < 1.29 is 47.8 Å². The Morgan fingerprint density at radius 2 is 1.00 bits per heavy atom. The van der Waals surface area contributed by atoms with E-state index in [1.54, 1.807) is 0 Å². The van der Waals surface area contributed by atoms with Gasteiger partial charge in [0.15, 0.2) is 6.04 Å². The molecule has 0 bridgehead atoms. The maximum atomic E-state index is 12.2. The molecule has 46 heavy (non-hydrogen) atoms. The van der Waals surface area contributed by atoms with Crippen LogP contribution >= 0.6 is 7.82 Å². The highest BCUT2D eigenvalue weighted by atomic mass is 31.2. The number of aliphatic carboxylic acids is 1. The van der Waals surface area contributed by atoms with Crippen LogP contribution in [0.5, 0.6) is 0 Å². The van der Waals surface area contributed by atoms with Gasteiger partial charge in [0.05, 0.1) is 13.2 Å². The molecule has 0 radical (unpaired) electrons. The quantitative estimate of drug-likeness (QED) is 0.0297. The smallest absolute Gasteiger partial charge is 0.472 e. The van der Waals surface area contributed by atoms with Crippen LogP contribution < -0.4 is 5.32 Å². The van der Waals surface area contributed by atoms with Gasteiger partial charge in [-0.3, -0.25) is 18.6 Å². The summed E-state index contributed by atoms with van der Waals surface area (Å²) in [5.74, 6) is -2.37. The number of nitrogens with one attached hydrogen (secondary N) is 1. The number of carboxylic acid groups (broad SMARTS) is 1. The van der Waals surface area contributed by atoms with E-state index in [0.29, 0.717) is 12.8 Å². The number of amides is 1. The number of aliphatic hydroxyl groups is 1. The standard InChI is InChI=1S/C34H66NO10P/c1-3-5-7-9-11-13-15-16-18-20-22-24-26-33(38)43-27-30(36)28-44-46(41,42)45-29-31(34(39)40)35-32(37)25-23-21-19-17-14-12-10-8-6-4-2/h30-31,36H,3-29H2,1-2H3,(H,35,37)(H,39,40)(H,41,42). The van der Waals surface area contributed by atoms with Gasteiger partial charge in [-0.25, -0.2) is 9.36 Å². The number of rotatable bonds is 34. The third-order valence-corrected chi connectivity index (χ3v) is 8.85. The van der Waals surface area contributed by atoms with Crippen LogP contribution in [0.2, 0.25) is 0 Å². The molecular formula is C34H66NO10P. The Labute approximate surface area is 278 Å². The van der Waals surface area contributed by atoms with E-state index in [-0.39, 0.29) is 12.8 Å². The molecular weight excluding hydrogens is 613 g/mol. The molecule has 272 valence electrons. The minimum Gasteiger partial charge on any atom is -0.480 e. The van der Waals surface area contributed by atoms with Gasteiger partial charge in [0.1, 0.15) is 12.7 Å². The van der Waals surface area contributed by atoms with E-state index in [1.165, 1.54) is 89.9 Å². The monoisotopic (exact) mass is 679 g/mol. The zero-order valence-electron chi connectivity index (χ0n) is 28.9. The van der Waals surface area contributed by atoms with Gasteiger partial charge < -0.3 is 25.2 Å². The first kappa shape index (κ1) is 44.5. The topological polar surface area (TPSA) is 169 Å². The number of aliphatic hydroxyl groups excluding tert-OH is 1.